The van der Waals surface area contributed by atoms with E-state index in [1.807, 2.05) is 48.5 Å². The van der Waals surface area contributed by atoms with Crippen molar-refractivity contribution in [3.05, 3.63) is 71.8 Å². The Kier molecular flexibility index (Phi) is 6.68. The Morgan fingerprint density at radius 3 is 2.41 bits per heavy atom. The lowest BCUT2D eigenvalue weighted by Gasteiger charge is -2.12. The Morgan fingerprint density at radius 2 is 1.62 bits per heavy atom. The van der Waals surface area contributed by atoms with Crippen LogP contribution in [0.3, 0.4) is 0 Å². The maximum absolute atomic E-state index is 12.3. The molecule has 3 aromatic rings. The minimum Gasteiger partial charge on any atom is -0.497 e. The van der Waals surface area contributed by atoms with Crippen LogP contribution in [-0.4, -0.2) is 32.6 Å². The van der Waals surface area contributed by atoms with Crippen molar-refractivity contribution < 1.29 is 19.1 Å². The lowest BCUT2D eigenvalue weighted by Crippen LogP contribution is -2.37. The molecule has 2 N–H and O–H groups in total. The Labute approximate surface area is 169 Å². The van der Waals surface area contributed by atoms with Gasteiger partial charge < -0.3 is 20.1 Å². The fraction of sp³-hybridized carbons (Fsp3) is 0.217. The highest BCUT2D eigenvalue weighted by atomic mass is 16.5. The van der Waals surface area contributed by atoms with Gasteiger partial charge in [-0.2, -0.15) is 0 Å². The lowest BCUT2D eigenvalue weighted by molar-refractivity contribution is -0.125. The summed E-state index contributed by atoms with van der Waals surface area (Å²) in [5.41, 5.74) is 1.76. The summed E-state index contributed by atoms with van der Waals surface area (Å²) < 4.78 is 10.5. The van der Waals surface area contributed by atoms with Gasteiger partial charge in [-0.1, -0.05) is 42.5 Å². The molecule has 29 heavy (non-hydrogen) atoms. The summed E-state index contributed by atoms with van der Waals surface area (Å²) in [6, 6.07) is 19.2. The predicted octanol–water partition coefficient (Wildman–Crippen LogP) is 2.83. The number of nitrogens with one attached hydrogen (secondary N) is 2. The van der Waals surface area contributed by atoms with Crippen molar-refractivity contribution in [3.63, 3.8) is 0 Å². The molecule has 6 nitrogen and oxygen atoms in total. The number of amides is 2. The highest BCUT2D eigenvalue weighted by Crippen LogP contribution is 2.24. The third kappa shape index (κ3) is 5.25. The molecule has 0 saturated carbocycles. The van der Waals surface area contributed by atoms with Crippen LogP contribution < -0.4 is 20.1 Å². The molecule has 0 aliphatic heterocycles. The first kappa shape index (κ1) is 20.2. The van der Waals surface area contributed by atoms with Crippen LogP contribution in [0.1, 0.15) is 11.1 Å². The van der Waals surface area contributed by atoms with Crippen LogP contribution in [0.2, 0.25) is 0 Å². The van der Waals surface area contributed by atoms with Gasteiger partial charge in [-0.15, -0.1) is 0 Å². The van der Waals surface area contributed by atoms with Crippen molar-refractivity contribution in [1.29, 1.82) is 0 Å². The van der Waals surface area contributed by atoms with E-state index < -0.39 is 0 Å². The maximum atomic E-state index is 12.3. The number of hydrogen-bond acceptors (Lipinski definition) is 4. The Bertz CT molecular complexity index is 1010. The smallest absolute Gasteiger partial charge is 0.239 e. The van der Waals surface area contributed by atoms with Gasteiger partial charge >= 0.3 is 0 Å². The van der Waals surface area contributed by atoms with Crippen molar-refractivity contribution >= 4 is 22.6 Å². The highest BCUT2D eigenvalue weighted by molar-refractivity contribution is 5.91. The molecule has 0 atom stereocenters. The van der Waals surface area contributed by atoms with Crippen molar-refractivity contribution in [1.82, 2.24) is 10.6 Å². The second-order valence-electron chi connectivity index (χ2n) is 6.55. The molecule has 0 aromatic heterocycles. The Morgan fingerprint density at radius 1 is 0.828 bits per heavy atom. The zero-order valence-electron chi connectivity index (χ0n) is 16.5. The SMILES string of the molecule is COc1ccc(CNC(=O)CNC(=O)Cc2cccc3ccccc23)c(OC)c1. The number of hydrogen-bond donors (Lipinski definition) is 2. The summed E-state index contributed by atoms with van der Waals surface area (Å²) in [5.74, 6) is 0.843. The van der Waals surface area contributed by atoms with Gasteiger partial charge in [0.25, 0.3) is 0 Å². The van der Waals surface area contributed by atoms with E-state index in [2.05, 4.69) is 10.6 Å². The summed E-state index contributed by atoms with van der Waals surface area (Å²) in [5, 5.41) is 7.59. The fourth-order valence-electron chi connectivity index (χ4n) is 3.12. The van der Waals surface area contributed by atoms with E-state index in [1.165, 1.54) is 0 Å². The largest absolute Gasteiger partial charge is 0.497 e. The van der Waals surface area contributed by atoms with Crippen molar-refractivity contribution in [3.8, 4) is 11.5 Å². The quantitative estimate of drug-likeness (QED) is 0.618. The fourth-order valence-corrected chi connectivity index (χ4v) is 3.12. The third-order valence-corrected chi connectivity index (χ3v) is 4.65. The molecule has 150 valence electrons. The molecule has 0 aliphatic carbocycles. The number of carbonyl (C=O) groups is 2. The number of ether oxygens (including phenoxy) is 2. The third-order valence-electron chi connectivity index (χ3n) is 4.65. The lowest BCUT2D eigenvalue weighted by atomic mass is 10.0. The van der Waals surface area contributed by atoms with E-state index in [-0.39, 0.29) is 24.8 Å². The highest BCUT2D eigenvalue weighted by Gasteiger charge is 2.10. The van der Waals surface area contributed by atoms with Gasteiger partial charge in [-0.25, -0.2) is 0 Å². The van der Waals surface area contributed by atoms with Crippen LogP contribution >= 0.6 is 0 Å². The molecule has 2 amide bonds. The summed E-state index contributed by atoms with van der Waals surface area (Å²) in [7, 11) is 3.14. The molecule has 3 aromatic carbocycles. The molecule has 0 saturated heterocycles. The van der Waals surface area contributed by atoms with Gasteiger partial charge in [0.1, 0.15) is 11.5 Å². The van der Waals surface area contributed by atoms with E-state index in [0.717, 1.165) is 21.9 Å². The predicted molar refractivity (Wildman–Crippen MR) is 112 cm³/mol. The molecule has 6 heteroatoms. The van der Waals surface area contributed by atoms with Crippen LogP contribution in [-0.2, 0) is 22.6 Å². The summed E-state index contributed by atoms with van der Waals surface area (Å²) >= 11 is 0. The van der Waals surface area contributed by atoms with Gasteiger partial charge in [0.05, 0.1) is 27.2 Å². The van der Waals surface area contributed by atoms with E-state index in [0.29, 0.717) is 18.0 Å². The molecule has 0 aliphatic rings. The average molecular weight is 392 g/mol. The number of rotatable bonds is 8. The molecule has 0 spiro atoms. The van der Waals surface area contributed by atoms with Crippen LogP contribution in [0.4, 0.5) is 0 Å². The first-order valence-corrected chi connectivity index (χ1v) is 9.31. The zero-order chi connectivity index (χ0) is 20.6. The topological polar surface area (TPSA) is 76.7 Å². The molecule has 0 fully saturated rings. The summed E-state index contributed by atoms with van der Waals surface area (Å²) in [6.07, 6.45) is 0.223. The average Bonchev–Trinajstić information content (AvgIpc) is 2.76. The van der Waals surface area contributed by atoms with Crippen molar-refractivity contribution in [2.45, 2.75) is 13.0 Å². The van der Waals surface area contributed by atoms with Crippen LogP contribution in [0.5, 0.6) is 11.5 Å². The minimum absolute atomic E-state index is 0.0813. The van der Waals surface area contributed by atoms with Crippen molar-refractivity contribution in [2.75, 3.05) is 20.8 Å². The molecule has 3 rings (SSSR count). The molecule has 0 bridgehead atoms. The molecule has 0 unspecified atom stereocenters. The van der Waals surface area contributed by atoms with E-state index in [9.17, 15) is 9.59 Å². The molecule has 0 radical (unpaired) electrons. The normalized spacial score (nSPS) is 10.4. The number of methoxy groups -OCH3 is 2. The van der Waals surface area contributed by atoms with Gasteiger partial charge in [0.15, 0.2) is 0 Å². The first-order chi connectivity index (χ1) is 14.1. The first-order valence-electron chi connectivity index (χ1n) is 9.31. The van der Waals surface area contributed by atoms with Gasteiger partial charge in [-0.3, -0.25) is 9.59 Å². The molecule has 0 heterocycles. The molecular formula is C23H24N2O4. The number of benzene rings is 3. The molecular weight excluding hydrogens is 368 g/mol. The van der Waals surface area contributed by atoms with Crippen LogP contribution in [0.15, 0.2) is 60.7 Å². The van der Waals surface area contributed by atoms with Gasteiger partial charge in [0, 0.05) is 18.2 Å². The van der Waals surface area contributed by atoms with Crippen LogP contribution in [0.25, 0.3) is 10.8 Å². The van der Waals surface area contributed by atoms with E-state index >= 15 is 0 Å². The standard InChI is InChI=1S/C23H24N2O4/c1-28-19-11-10-18(21(13-19)29-2)14-24-23(27)15-25-22(26)12-17-8-5-7-16-6-3-4-9-20(16)17/h3-11,13H,12,14-15H2,1-2H3,(H,24,27)(H,25,26). The minimum atomic E-state index is -0.269. The Balaban J connectivity index is 1.51. The van der Waals surface area contributed by atoms with E-state index in [4.69, 9.17) is 9.47 Å². The van der Waals surface area contributed by atoms with Crippen LogP contribution in [0, 0.1) is 0 Å². The van der Waals surface area contributed by atoms with Gasteiger partial charge in [0.2, 0.25) is 11.8 Å². The van der Waals surface area contributed by atoms with E-state index in [1.54, 1.807) is 26.4 Å². The summed E-state index contributed by atoms with van der Waals surface area (Å²) in [6.45, 7) is 0.216. The number of fused-ring (bicyclic) bond motifs is 1. The van der Waals surface area contributed by atoms with Gasteiger partial charge in [-0.05, 0) is 28.5 Å². The number of carbonyl (C=O) groups excluding carboxylic acids is 2. The second-order valence-corrected chi connectivity index (χ2v) is 6.55. The zero-order valence-corrected chi connectivity index (χ0v) is 16.5. The second kappa shape index (κ2) is 9.59. The summed E-state index contributed by atoms with van der Waals surface area (Å²) in [4.78, 5) is 24.4. The monoisotopic (exact) mass is 392 g/mol. The maximum Gasteiger partial charge on any atom is 0.239 e. The van der Waals surface area contributed by atoms with Crippen molar-refractivity contribution in [2.24, 2.45) is 0 Å². The Hall–Kier alpha value is -3.54.